The summed E-state index contributed by atoms with van der Waals surface area (Å²) >= 11 is 6.95. The van der Waals surface area contributed by atoms with Gasteiger partial charge in [-0.25, -0.2) is 13.4 Å². The molecule has 1 N–H and O–H groups in total. The number of sulfonamides is 1. The van der Waals surface area contributed by atoms with Crippen LogP contribution in [0, 0.1) is 6.92 Å². The average molecular weight is 403 g/mol. The Kier molecular flexibility index (Phi) is 6.36. The number of hydrogen-bond acceptors (Lipinski definition) is 6. The summed E-state index contributed by atoms with van der Waals surface area (Å²) in [5.74, 6) is 0.473. The quantitative estimate of drug-likeness (QED) is 0.768. The molecule has 0 saturated heterocycles. The van der Waals surface area contributed by atoms with E-state index in [0.717, 1.165) is 11.5 Å². The summed E-state index contributed by atoms with van der Waals surface area (Å²) in [5.41, 5.74) is 0.474. The van der Waals surface area contributed by atoms with Crippen LogP contribution < -0.4 is 4.72 Å². The normalized spacial score (nSPS) is 11.4. The van der Waals surface area contributed by atoms with Crippen LogP contribution in [0.25, 0.3) is 0 Å². The number of rotatable bonds is 7. The molecule has 0 aliphatic carbocycles. The van der Waals surface area contributed by atoms with Crippen molar-refractivity contribution in [3.63, 3.8) is 0 Å². The van der Waals surface area contributed by atoms with Gasteiger partial charge in [0.2, 0.25) is 11.0 Å². The van der Waals surface area contributed by atoms with Crippen LogP contribution in [0.4, 0.5) is 5.13 Å². The number of aromatic nitrogens is 2. The van der Waals surface area contributed by atoms with Gasteiger partial charge in [0.1, 0.15) is 5.82 Å². The molecule has 25 heavy (non-hydrogen) atoms. The third kappa shape index (κ3) is 4.90. The molecule has 0 unspecified atom stereocenters. The molecule has 0 bridgehead atoms. The highest BCUT2D eigenvalue weighted by Crippen LogP contribution is 2.25. The van der Waals surface area contributed by atoms with Gasteiger partial charge in [-0.2, -0.15) is 4.37 Å². The summed E-state index contributed by atoms with van der Waals surface area (Å²) in [6.45, 7) is 6.13. The lowest BCUT2D eigenvalue weighted by atomic mass is 10.2. The molecule has 0 atom stereocenters. The van der Waals surface area contributed by atoms with Crippen molar-refractivity contribution in [1.29, 1.82) is 0 Å². The maximum absolute atomic E-state index is 12.5. The maximum atomic E-state index is 12.5. The number of carbonyl (C=O) groups is 1. The van der Waals surface area contributed by atoms with E-state index < -0.39 is 10.0 Å². The predicted molar refractivity (Wildman–Crippen MR) is 98.5 cm³/mol. The minimum atomic E-state index is -3.79. The summed E-state index contributed by atoms with van der Waals surface area (Å²) in [4.78, 5) is 17.3. The summed E-state index contributed by atoms with van der Waals surface area (Å²) in [7, 11) is -3.79. The van der Waals surface area contributed by atoms with E-state index in [1.807, 2.05) is 6.92 Å². The average Bonchev–Trinajstić information content (AvgIpc) is 2.96. The van der Waals surface area contributed by atoms with E-state index in [9.17, 15) is 13.2 Å². The third-order valence-electron chi connectivity index (χ3n) is 3.63. The summed E-state index contributed by atoms with van der Waals surface area (Å²) in [6, 6.07) is 4.70. The van der Waals surface area contributed by atoms with Gasteiger partial charge in [-0.1, -0.05) is 17.7 Å². The van der Waals surface area contributed by atoms with Crippen molar-refractivity contribution in [3.05, 3.63) is 34.6 Å². The van der Waals surface area contributed by atoms with Crippen molar-refractivity contribution in [2.24, 2.45) is 0 Å². The highest BCUT2D eigenvalue weighted by atomic mass is 35.5. The number of nitrogens with one attached hydrogen (secondary N) is 1. The highest BCUT2D eigenvalue weighted by molar-refractivity contribution is 7.93. The van der Waals surface area contributed by atoms with E-state index in [2.05, 4.69) is 14.1 Å². The molecule has 1 aromatic carbocycles. The van der Waals surface area contributed by atoms with Crippen LogP contribution in [0.5, 0.6) is 0 Å². The molecular formula is C15H19ClN4O3S2. The molecule has 0 aliphatic heterocycles. The molecule has 1 aromatic heterocycles. The lowest BCUT2D eigenvalue weighted by Crippen LogP contribution is -2.30. The van der Waals surface area contributed by atoms with Gasteiger partial charge in [0.05, 0.1) is 4.90 Å². The molecule has 10 heteroatoms. The smallest absolute Gasteiger partial charge is 0.264 e. The molecule has 0 aliphatic rings. The van der Waals surface area contributed by atoms with Gasteiger partial charge in [0.15, 0.2) is 0 Å². The Balaban J connectivity index is 2.10. The predicted octanol–water partition coefficient (Wildman–Crippen LogP) is 2.71. The third-order valence-corrected chi connectivity index (χ3v) is 6.32. The minimum Gasteiger partial charge on any atom is -0.343 e. The molecule has 0 fully saturated rings. The Hall–Kier alpha value is -1.71. The van der Waals surface area contributed by atoms with Gasteiger partial charge < -0.3 is 4.90 Å². The number of likely N-dealkylation sites (N-methyl/N-ethyl adjacent to an activating group) is 1. The zero-order chi connectivity index (χ0) is 18.6. The second-order valence-corrected chi connectivity index (χ2v) is 8.14. The highest BCUT2D eigenvalue weighted by Gasteiger charge is 2.20. The molecule has 1 amide bonds. The van der Waals surface area contributed by atoms with Crippen LogP contribution in [0.15, 0.2) is 23.1 Å². The van der Waals surface area contributed by atoms with Gasteiger partial charge in [0, 0.05) is 43.0 Å². The molecule has 0 saturated carbocycles. The fourth-order valence-electron chi connectivity index (χ4n) is 2.22. The maximum Gasteiger partial charge on any atom is 0.264 e. The summed E-state index contributed by atoms with van der Waals surface area (Å²) < 4.78 is 31.6. The second kappa shape index (κ2) is 8.11. The topological polar surface area (TPSA) is 92.3 Å². The number of halogens is 1. The lowest BCUT2D eigenvalue weighted by Gasteiger charge is -2.17. The van der Waals surface area contributed by atoms with E-state index in [4.69, 9.17) is 11.6 Å². The first-order valence-corrected chi connectivity index (χ1v) is 10.2. The van der Waals surface area contributed by atoms with Gasteiger partial charge >= 0.3 is 0 Å². The Morgan fingerprint density at radius 2 is 2.12 bits per heavy atom. The molecule has 136 valence electrons. The van der Waals surface area contributed by atoms with Crippen LogP contribution in [0.3, 0.4) is 0 Å². The largest absolute Gasteiger partial charge is 0.343 e. The Labute approximate surface area is 156 Å². The Morgan fingerprint density at radius 1 is 1.40 bits per heavy atom. The van der Waals surface area contributed by atoms with Crippen LogP contribution in [-0.2, 0) is 21.2 Å². The van der Waals surface area contributed by atoms with E-state index in [1.54, 1.807) is 24.0 Å². The van der Waals surface area contributed by atoms with Gasteiger partial charge in [-0.3, -0.25) is 9.52 Å². The monoisotopic (exact) mass is 402 g/mol. The number of hydrogen-bond donors (Lipinski definition) is 1. The van der Waals surface area contributed by atoms with E-state index in [1.165, 1.54) is 13.0 Å². The lowest BCUT2D eigenvalue weighted by molar-refractivity contribution is -0.128. The first-order valence-electron chi connectivity index (χ1n) is 7.60. The molecule has 2 rings (SSSR count). The fraction of sp³-hybridized carbons (Fsp3) is 0.400. The molecular weight excluding hydrogens is 384 g/mol. The molecule has 7 nitrogen and oxygen atoms in total. The number of nitrogens with zero attached hydrogens (tertiary/aromatic N) is 3. The molecule has 0 spiro atoms. The number of amides is 1. The summed E-state index contributed by atoms with van der Waals surface area (Å²) in [6.07, 6.45) is 0.460. The van der Waals surface area contributed by atoms with Crippen LogP contribution >= 0.6 is 23.1 Å². The van der Waals surface area contributed by atoms with Gasteiger partial charge in [0.25, 0.3) is 10.0 Å². The Bertz CT molecular complexity index is 867. The van der Waals surface area contributed by atoms with Crippen LogP contribution in [0.2, 0.25) is 5.02 Å². The first-order chi connectivity index (χ1) is 11.7. The van der Waals surface area contributed by atoms with E-state index in [0.29, 0.717) is 35.9 Å². The number of anilines is 1. The first kappa shape index (κ1) is 19.6. The Morgan fingerprint density at radius 3 is 2.76 bits per heavy atom. The zero-order valence-corrected chi connectivity index (χ0v) is 16.5. The number of benzene rings is 1. The van der Waals surface area contributed by atoms with Crippen LogP contribution in [-0.4, -0.2) is 41.7 Å². The minimum absolute atomic E-state index is 0.0184. The van der Waals surface area contributed by atoms with E-state index >= 15 is 0 Å². The van der Waals surface area contributed by atoms with E-state index in [-0.39, 0.29) is 15.9 Å². The zero-order valence-electron chi connectivity index (χ0n) is 14.1. The SMILES string of the molecule is CCN(CCc1nsc(NS(=O)(=O)c2cccc(Cl)c2C)n1)C(C)=O. The molecule has 1 heterocycles. The van der Waals surface area contributed by atoms with Crippen molar-refractivity contribution in [2.45, 2.75) is 32.1 Å². The molecule has 2 aromatic rings. The number of carbonyl (C=O) groups excluding carboxylic acids is 1. The van der Waals surface area contributed by atoms with Crippen molar-refractivity contribution < 1.29 is 13.2 Å². The van der Waals surface area contributed by atoms with Crippen molar-refractivity contribution in [1.82, 2.24) is 14.3 Å². The fourth-order valence-corrected chi connectivity index (χ4v) is 4.55. The molecule has 0 radical (unpaired) electrons. The second-order valence-electron chi connectivity index (χ2n) is 5.33. The van der Waals surface area contributed by atoms with Crippen LogP contribution in [0.1, 0.15) is 25.2 Å². The van der Waals surface area contributed by atoms with Gasteiger partial charge in [-0.05, 0) is 31.5 Å². The van der Waals surface area contributed by atoms with Crippen molar-refractivity contribution in [2.75, 3.05) is 17.8 Å². The standard InChI is InChI=1S/C15H19ClN4O3S2/c1-4-20(11(3)21)9-8-14-17-15(24-18-14)19-25(22,23)13-7-5-6-12(16)10(13)2/h5-7H,4,8-9H2,1-3H3,(H,17,18,19). The van der Waals surface area contributed by atoms with Crippen molar-refractivity contribution >= 4 is 44.2 Å². The van der Waals surface area contributed by atoms with Crippen molar-refractivity contribution in [3.8, 4) is 0 Å². The van der Waals surface area contributed by atoms with Gasteiger partial charge in [-0.15, -0.1) is 0 Å². The summed E-state index contributed by atoms with van der Waals surface area (Å²) in [5, 5.41) is 0.560.